The van der Waals surface area contributed by atoms with Crippen molar-refractivity contribution in [3.63, 3.8) is 0 Å². The van der Waals surface area contributed by atoms with Gasteiger partial charge in [-0.1, -0.05) is 66.7 Å². The molecule has 0 bridgehead atoms. The van der Waals surface area contributed by atoms with Crippen LogP contribution < -0.4 is 10.6 Å². The Kier molecular flexibility index (Phi) is 12.7. The molecule has 9 heteroatoms. The molecule has 0 heterocycles. The summed E-state index contributed by atoms with van der Waals surface area (Å²) in [7, 11) is 0. The molecule has 1 aliphatic rings. The van der Waals surface area contributed by atoms with Gasteiger partial charge in [0.1, 0.15) is 5.60 Å². The molecular formula is C32H44N2O6S. The summed E-state index contributed by atoms with van der Waals surface area (Å²) in [6.07, 6.45) is 2.75. The van der Waals surface area contributed by atoms with Crippen molar-refractivity contribution >= 4 is 23.8 Å². The van der Waals surface area contributed by atoms with Gasteiger partial charge in [0.2, 0.25) is 5.91 Å². The fraction of sp³-hybridized carbons (Fsp3) is 0.500. The Hall–Kier alpha value is -2.85. The Morgan fingerprint density at radius 1 is 1.10 bits per heavy atom. The van der Waals surface area contributed by atoms with E-state index < -0.39 is 41.9 Å². The number of ether oxygens (including phenoxy) is 1. The fourth-order valence-corrected chi connectivity index (χ4v) is 5.51. The number of rotatable bonds is 14. The second-order valence-corrected chi connectivity index (χ2v) is 12.6. The number of fused-ring (bicyclic) bond motifs is 1. The maximum Gasteiger partial charge on any atom is 0.407 e. The van der Waals surface area contributed by atoms with Crippen molar-refractivity contribution in [2.24, 2.45) is 5.92 Å². The third-order valence-corrected chi connectivity index (χ3v) is 7.80. The first-order valence-corrected chi connectivity index (χ1v) is 15.3. The van der Waals surface area contributed by atoms with Crippen molar-refractivity contribution in [2.75, 3.05) is 18.1 Å². The van der Waals surface area contributed by atoms with Gasteiger partial charge in [-0.2, -0.15) is 11.8 Å². The highest BCUT2D eigenvalue weighted by Crippen LogP contribution is 2.32. The van der Waals surface area contributed by atoms with Crippen LogP contribution >= 0.6 is 11.8 Å². The van der Waals surface area contributed by atoms with E-state index in [4.69, 9.17) is 9.84 Å². The minimum atomic E-state index is -1.04. The second-order valence-electron chi connectivity index (χ2n) is 11.4. The van der Waals surface area contributed by atoms with Crippen LogP contribution in [0.2, 0.25) is 0 Å². The maximum atomic E-state index is 13.6. The van der Waals surface area contributed by atoms with Crippen LogP contribution in [0.5, 0.6) is 0 Å². The van der Waals surface area contributed by atoms with E-state index in [1.165, 1.54) is 0 Å². The first-order valence-electron chi connectivity index (χ1n) is 14.2. The summed E-state index contributed by atoms with van der Waals surface area (Å²) in [5.74, 6) is 0.447. The van der Waals surface area contributed by atoms with Gasteiger partial charge in [-0.25, -0.2) is 4.79 Å². The normalized spacial score (nSPS) is 18.9. The molecule has 0 saturated heterocycles. The Bertz CT molecular complexity index is 1140. The van der Waals surface area contributed by atoms with Crippen LogP contribution in [0.3, 0.4) is 0 Å². The largest absolute Gasteiger partial charge is 0.444 e. The Balaban J connectivity index is 1.77. The van der Waals surface area contributed by atoms with E-state index in [9.17, 15) is 19.8 Å². The molecule has 224 valence electrons. The summed E-state index contributed by atoms with van der Waals surface area (Å²) in [4.78, 5) is 26.3. The second kappa shape index (κ2) is 16.0. The molecule has 2 aromatic carbocycles. The lowest BCUT2D eigenvalue weighted by Crippen LogP contribution is -2.48. The number of allylic oxidation sites excluding steroid dienone is 1. The summed E-state index contributed by atoms with van der Waals surface area (Å²) in [6.45, 7) is 5.43. The lowest BCUT2D eigenvalue weighted by molar-refractivity contribution is -0.127. The molecule has 2 amide bonds. The van der Waals surface area contributed by atoms with Gasteiger partial charge in [0.05, 0.1) is 30.9 Å². The Labute approximate surface area is 247 Å². The Morgan fingerprint density at radius 3 is 2.51 bits per heavy atom. The van der Waals surface area contributed by atoms with Gasteiger partial charge < -0.3 is 30.7 Å². The van der Waals surface area contributed by atoms with E-state index >= 15 is 0 Å². The van der Waals surface area contributed by atoms with Gasteiger partial charge in [0.15, 0.2) is 0 Å². The first kappa shape index (κ1) is 32.7. The monoisotopic (exact) mass is 584 g/mol. The van der Waals surface area contributed by atoms with E-state index in [0.29, 0.717) is 30.8 Å². The number of carbonyl (C=O) groups is 2. The number of carbonyl (C=O) groups excluding carboxylic acids is 2. The number of aliphatic hydroxyl groups excluding tert-OH is 3. The molecule has 0 fully saturated rings. The molecule has 0 spiro atoms. The molecule has 0 aromatic heterocycles. The van der Waals surface area contributed by atoms with E-state index in [0.717, 1.165) is 16.7 Å². The lowest BCUT2D eigenvalue weighted by atomic mass is 9.90. The smallest absolute Gasteiger partial charge is 0.407 e. The summed E-state index contributed by atoms with van der Waals surface area (Å²) in [6, 6.07) is 16.0. The van der Waals surface area contributed by atoms with Gasteiger partial charge >= 0.3 is 6.09 Å². The topological polar surface area (TPSA) is 128 Å². The highest BCUT2D eigenvalue weighted by molar-refractivity contribution is 7.99. The molecule has 41 heavy (non-hydrogen) atoms. The van der Waals surface area contributed by atoms with Gasteiger partial charge in [-0.05, 0) is 56.7 Å². The van der Waals surface area contributed by atoms with Crippen molar-refractivity contribution in [3.8, 4) is 0 Å². The molecule has 0 radical (unpaired) electrons. The Morgan fingerprint density at radius 2 is 1.80 bits per heavy atom. The molecule has 3 rings (SSSR count). The van der Waals surface area contributed by atoms with Crippen molar-refractivity contribution in [1.29, 1.82) is 0 Å². The van der Waals surface area contributed by atoms with Crippen LogP contribution in [0.4, 0.5) is 4.79 Å². The van der Waals surface area contributed by atoms with Crippen molar-refractivity contribution < 1.29 is 29.6 Å². The molecule has 2 aromatic rings. The van der Waals surface area contributed by atoms with Crippen LogP contribution in [-0.4, -0.2) is 69.3 Å². The quantitative estimate of drug-likeness (QED) is 0.168. The number of amides is 2. The molecule has 8 nitrogen and oxygen atoms in total. The lowest BCUT2D eigenvalue weighted by Gasteiger charge is -2.29. The molecular weight excluding hydrogens is 540 g/mol. The van der Waals surface area contributed by atoms with Gasteiger partial charge in [0, 0.05) is 23.8 Å². The van der Waals surface area contributed by atoms with Crippen LogP contribution in [0.25, 0.3) is 0 Å². The molecule has 5 N–H and O–H groups in total. The average Bonchev–Trinajstić information content (AvgIpc) is 3.23. The van der Waals surface area contributed by atoms with Crippen molar-refractivity contribution in [2.45, 2.75) is 76.3 Å². The number of hydrogen-bond acceptors (Lipinski definition) is 7. The number of benzene rings is 2. The van der Waals surface area contributed by atoms with E-state index in [1.54, 1.807) is 32.5 Å². The zero-order valence-corrected chi connectivity index (χ0v) is 25.0. The standard InChI is InChI=1S/C32H44N2O6S/c1-32(2,3)40-31(39)33-26(19-22-11-5-4-6-12-22)27(36)21-24(14-9-10-17-41-18-16-35)30(38)34-29-25-15-8-7-13-23(25)20-28(29)37/h4-13,15,24,26-29,35-37H,14,16-21H2,1-3H3,(H,33,39)(H,34,38)/b10-9+/t24?,26?,27?,28-,29-/m0/s1. The summed E-state index contributed by atoms with van der Waals surface area (Å²) >= 11 is 1.58. The summed E-state index contributed by atoms with van der Waals surface area (Å²) in [5.41, 5.74) is 2.14. The summed E-state index contributed by atoms with van der Waals surface area (Å²) < 4.78 is 5.45. The third-order valence-electron chi connectivity index (χ3n) is 6.90. The first-order chi connectivity index (χ1) is 19.6. The molecule has 0 saturated carbocycles. The molecule has 1 aliphatic carbocycles. The fourth-order valence-electron chi connectivity index (χ4n) is 4.94. The minimum absolute atomic E-state index is 0.0950. The van der Waals surface area contributed by atoms with Crippen LogP contribution in [0.1, 0.15) is 56.3 Å². The number of aliphatic hydroxyl groups is 3. The molecule has 5 atom stereocenters. The number of alkyl carbamates (subject to hydrolysis) is 1. The van der Waals surface area contributed by atoms with Crippen molar-refractivity contribution in [1.82, 2.24) is 10.6 Å². The molecule has 0 aliphatic heterocycles. The number of nitrogens with one attached hydrogen (secondary N) is 2. The van der Waals surface area contributed by atoms with E-state index in [1.807, 2.05) is 66.7 Å². The SMILES string of the molecule is CC(C)(C)OC(=O)NC(Cc1ccccc1)C(O)CC(C/C=C/CSCCO)C(=O)N[C@H]1c2ccccc2C[C@@H]1O. The molecule has 3 unspecified atom stereocenters. The predicted molar refractivity (Wildman–Crippen MR) is 163 cm³/mol. The van der Waals surface area contributed by atoms with E-state index in [-0.39, 0.29) is 18.9 Å². The zero-order chi connectivity index (χ0) is 29.8. The third kappa shape index (κ3) is 10.8. The van der Waals surface area contributed by atoms with Gasteiger partial charge in [0.25, 0.3) is 0 Å². The summed E-state index contributed by atoms with van der Waals surface area (Å²) in [5, 5.41) is 37.0. The number of hydrogen-bond donors (Lipinski definition) is 5. The average molecular weight is 585 g/mol. The van der Waals surface area contributed by atoms with Crippen LogP contribution in [-0.2, 0) is 22.4 Å². The van der Waals surface area contributed by atoms with Gasteiger partial charge in [-0.15, -0.1) is 0 Å². The van der Waals surface area contributed by atoms with Crippen molar-refractivity contribution in [3.05, 3.63) is 83.4 Å². The highest BCUT2D eigenvalue weighted by atomic mass is 32.2. The highest BCUT2D eigenvalue weighted by Gasteiger charge is 2.35. The van der Waals surface area contributed by atoms with Crippen LogP contribution in [0.15, 0.2) is 66.7 Å². The predicted octanol–water partition coefficient (Wildman–Crippen LogP) is 3.94. The minimum Gasteiger partial charge on any atom is -0.444 e. The van der Waals surface area contributed by atoms with Crippen LogP contribution in [0, 0.1) is 5.92 Å². The van der Waals surface area contributed by atoms with Gasteiger partial charge in [-0.3, -0.25) is 4.79 Å². The number of thioether (sulfide) groups is 1. The zero-order valence-electron chi connectivity index (χ0n) is 24.2. The van der Waals surface area contributed by atoms with E-state index in [2.05, 4.69) is 10.6 Å². The maximum absolute atomic E-state index is 13.6.